The van der Waals surface area contributed by atoms with Gasteiger partial charge in [0.15, 0.2) is 0 Å². The first kappa shape index (κ1) is 21.9. The van der Waals surface area contributed by atoms with E-state index in [2.05, 4.69) is 15.1 Å². The zero-order valence-corrected chi connectivity index (χ0v) is 18.4. The van der Waals surface area contributed by atoms with Gasteiger partial charge in [-0.15, -0.1) is 0 Å². The van der Waals surface area contributed by atoms with Gasteiger partial charge in [0.2, 0.25) is 10.0 Å². The summed E-state index contributed by atoms with van der Waals surface area (Å²) in [5, 5.41) is 8.00. The average molecular weight is 473 g/mol. The fourth-order valence-corrected chi connectivity index (χ4v) is 4.33. The van der Waals surface area contributed by atoms with Crippen LogP contribution in [-0.4, -0.2) is 31.2 Å². The predicted octanol–water partition coefficient (Wildman–Crippen LogP) is 3.66. The maximum absolute atomic E-state index is 13.2. The van der Waals surface area contributed by atoms with E-state index >= 15 is 0 Å². The molecular formula is C22H18ClFN4O3S. The Morgan fingerprint density at radius 1 is 1.12 bits per heavy atom. The minimum absolute atomic E-state index is 0.0399. The van der Waals surface area contributed by atoms with Crippen LogP contribution in [0.3, 0.4) is 0 Å². The lowest BCUT2D eigenvalue weighted by Crippen LogP contribution is -2.23. The van der Waals surface area contributed by atoms with Crippen molar-refractivity contribution in [3.05, 3.63) is 88.8 Å². The molecule has 164 valence electrons. The van der Waals surface area contributed by atoms with Crippen LogP contribution in [0.5, 0.6) is 0 Å². The van der Waals surface area contributed by atoms with E-state index in [1.165, 1.54) is 31.3 Å². The molecule has 10 heteroatoms. The summed E-state index contributed by atoms with van der Waals surface area (Å²) in [7, 11) is -2.30. The average Bonchev–Trinajstić information content (AvgIpc) is 3.22. The van der Waals surface area contributed by atoms with Crippen molar-refractivity contribution in [2.24, 2.45) is 0 Å². The number of nitrogens with one attached hydrogen (secondary N) is 2. The largest absolute Gasteiger partial charge is 0.348 e. The predicted molar refractivity (Wildman–Crippen MR) is 120 cm³/mol. The maximum Gasteiger partial charge on any atom is 0.252 e. The summed E-state index contributed by atoms with van der Waals surface area (Å²) in [5.41, 5.74) is 2.36. The van der Waals surface area contributed by atoms with E-state index in [4.69, 9.17) is 11.6 Å². The van der Waals surface area contributed by atoms with Crippen LogP contribution in [0, 0.1) is 5.82 Å². The molecule has 0 aliphatic carbocycles. The second-order valence-corrected chi connectivity index (χ2v) is 9.21. The highest BCUT2D eigenvalue weighted by Crippen LogP contribution is 2.23. The molecule has 0 radical (unpaired) electrons. The van der Waals surface area contributed by atoms with Crippen LogP contribution >= 0.6 is 11.6 Å². The smallest absolute Gasteiger partial charge is 0.252 e. The van der Waals surface area contributed by atoms with Crippen LogP contribution in [0.15, 0.2) is 71.8 Å². The molecule has 4 aromatic rings. The van der Waals surface area contributed by atoms with Crippen LogP contribution in [0.1, 0.15) is 15.9 Å². The lowest BCUT2D eigenvalue weighted by atomic mass is 10.1. The molecule has 0 aliphatic heterocycles. The lowest BCUT2D eigenvalue weighted by Gasteiger charge is -2.10. The van der Waals surface area contributed by atoms with E-state index in [1.807, 2.05) is 6.07 Å². The van der Waals surface area contributed by atoms with Gasteiger partial charge < -0.3 is 5.32 Å². The van der Waals surface area contributed by atoms with E-state index in [1.54, 1.807) is 41.2 Å². The molecule has 1 amide bonds. The highest BCUT2D eigenvalue weighted by Gasteiger charge is 2.16. The summed E-state index contributed by atoms with van der Waals surface area (Å²) in [5.74, 6) is -0.683. The first-order valence-corrected chi connectivity index (χ1v) is 11.4. The molecule has 0 saturated carbocycles. The fraction of sp³-hybridized carbons (Fsp3) is 0.0909. The molecule has 1 heterocycles. The fourth-order valence-electron chi connectivity index (χ4n) is 3.26. The third kappa shape index (κ3) is 4.22. The van der Waals surface area contributed by atoms with Gasteiger partial charge in [-0.3, -0.25) is 4.79 Å². The summed E-state index contributed by atoms with van der Waals surface area (Å²) in [6, 6.07) is 15.5. The Bertz CT molecular complexity index is 1420. The molecule has 3 aromatic carbocycles. The molecule has 0 bridgehead atoms. The van der Waals surface area contributed by atoms with Gasteiger partial charge in [-0.05, 0) is 61.1 Å². The lowest BCUT2D eigenvalue weighted by molar-refractivity contribution is 0.0952. The molecule has 0 atom stereocenters. The summed E-state index contributed by atoms with van der Waals surface area (Å²) in [6.45, 7) is 0.111. The van der Waals surface area contributed by atoms with Crippen molar-refractivity contribution in [3.63, 3.8) is 0 Å². The van der Waals surface area contributed by atoms with Gasteiger partial charge in [-0.1, -0.05) is 23.7 Å². The zero-order valence-electron chi connectivity index (χ0n) is 16.8. The Kier molecular flexibility index (Phi) is 5.96. The van der Waals surface area contributed by atoms with Gasteiger partial charge in [0.05, 0.1) is 27.9 Å². The topological polar surface area (TPSA) is 93.1 Å². The van der Waals surface area contributed by atoms with Crippen LogP contribution in [0.4, 0.5) is 4.39 Å². The van der Waals surface area contributed by atoms with Crippen molar-refractivity contribution in [3.8, 4) is 5.69 Å². The Morgan fingerprint density at radius 3 is 2.56 bits per heavy atom. The van der Waals surface area contributed by atoms with Crippen molar-refractivity contribution >= 4 is 38.4 Å². The number of hydrogen-bond donors (Lipinski definition) is 2. The molecule has 0 spiro atoms. The van der Waals surface area contributed by atoms with Crippen LogP contribution < -0.4 is 10.0 Å². The second kappa shape index (κ2) is 8.70. The van der Waals surface area contributed by atoms with Crippen molar-refractivity contribution in [1.82, 2.24) is 19.8 Å². The van der Waals surface area contributed by atoms with E-state index in [0.29, 0.717) is 27.7 Å². The number of nitrogens with zero attached hydrogens (tertiary/aromatic N) is 2. The quantitative estimate of drug-likeness (QED) is 0.448. The molecule has 2 N–H and O–H groups in total. The van der Waals surface area contributed by atoms with Gasteiger partial charge in [-0.2, -0.15) is 5.10 Å². The third-order valence-electron chi connectivity index (χ3n) is 4.97. The minimum atomic E-state index is -3.61. The van der Waals surface area contributed by atoms with Crippen LogP contribution in [0.2, 0.25) is 5.02 Å². The number of rotatable bonds is 6. The van der Waals surface area contributed by atoms with Gasteiger partial charge in [0, 0.05) is 17.0 Å². The first-order valence-electron chi connectivity index (χ1n) is 9.53. The molecule has 7 nitrogen and oxygen atoms in total. The number of sulfonamides is 1. The molecular weight excluding hydrogens is 455 g/mol. The van der Waals surface area contributed by atoms with E-state index in [0.717, 1.165) is 0 Å². The van der Waals surface area contributed by atoms with E-state index in [9.17, 15) is 17.6 Å². The van der Waals surface area contributed by atoms with E-state index < -0.39 is 10.0 Å². The minimum Gasteiger partial charge on any atom is -0.348 e. The molecule has 0 saturated heterocycles. The molecule has 0 fully saturated rings. The standard InChI is InChI=1S/C22H18ClFN4O3S/c1-25-32(30,31)17-10-5-14(20(23)11-17)12-26-22(29)18-3-2-4-21-19(18)13-27-28(21)16-8-6-15(24)7-9-16/h2-11,13,25H,12H2,1H3,(H,26,29). The summed E-state index contributed by atoms with van der Waals surface area (Å²) in [6.07, 6.45) is 1.58. The highest BCUT2D eigenvalue weighted by molar-refractivity contribution is 7.89. The van der Waals surface area contributed by atoms with Gasteiger partial charge in [0.25, 0.3) is 5.91 Å². The first-order chi connectivity index (χ1) is 15.3. The van der Waals surface area contributed by atoms with Gasteiger partial charge in [-0.25, -0.2) is 22.2 Å². The summed E-state index contributed by atoms with van der Waals surface area (Å²) in [4.78, 5) is 12.9. The Labute approximate surface area is 188 Å². The number of carbonyl (C=O) groups is 1. The number of benzene rings is 3. The molecule has 0 unspecified atom stereocenters. The number of hydrogen-bond acceptors (Lipinski definition) is 4. The molecule has 0 aliphatic rings. The summed E-state index contributed by atoms with van der Waals surface area (Å²) < 4.78 is 40.9. The second-order valence-electron chi connectivity index (χ2n) is 6.91. The highest BCUT2D eigenvalue weighted by atomic mass is 35.5. The molecule has 32 heavy (non-hydrogen) atoms. The Hall–Kier alpha value is -3.27. The van der Waals surface area contributed by atoms with Crippen LogP contribution in [0.25, 0.3) is 16.6 Å². The number of amides is 1. The molecule has 1 aromatic heterocycles. The number of halogens is 2. The van der Waals surface area contributed by atoms with Gasteiger partial charge in [0.1, 0.15) is 5.82 Å². The monoisotopic (exact) mass is 472 g/mol. The van der Waals surface area contributed by atoms with Gasteiger partial charge >= 0.3 is 0 Å². The number of fused-ring (bicyclic) bond motifs is 1. The number of carbonyl (C=O) groups excluding carboxylic acids is 1. The summed E-state index contributed by atoms with van der Waals surface area (Å²) >= 11 is 6.22. The SMILES string of the molecule is CNS(=O)(=O)c1ccc(CNC(=O)c2cccc3c2cnn3-c2ccc(F)cc2)c(Cl)c1. The van der Waals surface area contributed by atoms with Crippen molar-refractivity contribution in [2.45, 2.75) is 11.4 Å². The van der Waals surface area contributed by atoms with Crippen LogP contribution in [-0.2, 0) is 16.6 Å². The zero-order chi connectivity index (χ0) is 22.9. The maximum atomic E-state index is 13.2. The molecule has 4 rings (SSSR count). The van der Waals surface area contributed by atoms with E-state index in [-0.39, 0.29) is 28.2 Å². The van der Waals surface area contributed by atoms with Crippen molar-refractivity contribution in [1.29, 1.82) is 0 Å². The number of aromatic nitrogens is 2. The van der Waals surface area contributed by atoms with Crippen molar-refractivity contribution < 1.29 is 17.6 Å². The normalized spacial score (nSPS) is 11.6. The van der Waals surface area contributed by atoms with Crippen molar-refractivity contribution in [2.75, 3.05) is 7.05 Å². The Balaban J connectivity index is 1.57. The third-order valence-corrected chi connectivity index (χ3v) is 6.74. The Morgan fingerprint density at radius 2 is 1.88 bits per heavy atom.